The first-order valence-electron chi connectivity index (χ1n) is 4.65. The van der Waals surface area contributed by atoms with Crippen molar-refractivity contribution < 1.29 is 4.79 Å². The van der Waals surface area contributed by atoms with E-state index in [9.17, 15) is 4.79 Å². The molecule has 1 rings (SSSR count). The fraction of sp³-hybridized carbons (Fsp3) is 0.500. The first-order valence-corrected chi connectivity index (χ1v) is 4.65. The molecule has 1 heterocycles. The second-order valence-corrected chi connectivity index (χ2v) is 4.08. The van der Waals surface area contributed by atoms with Crippen LogP contribution >= 0.6 is 0 Å². The number of carbonyl (C=O) groups is 1. The van der Waals surface area contributed by atoms with E-state index >= 15 is 0 Å². The van der Waals surface area contributed by atoms with Crippen molar-refractivity contribution in [1.82, 2.24) is 10.3 Å². The highest BCUT2D eigenvalue weighted by molar-refractivity contribution is 5.74. The van der Waals surface area contributed by atoms with Crippen molar-refractivity contribution in [3.8, 4) is 0 Å². The van der Waals surface area contributed by atoms with Crippen LogP contribution in [0.1, 0.15) is 26.0 Å². The Labute approximate surface area is 83.9 Å². The van der Waals surface area contributed by atoms with Gasteiger partial charge in [-0.15, -0.1) is 0 Å². The highest BCUT2D eigenvalue weighted by atomic mass is 16.1. The van der Waals surface area contributed by atoms with Crippen molar-refractivity contribution in [2.24, 2.45) is 5.73 Å². The monoisotopic (exact) mass is 195 g/mol. The van der Waals surface area contributed by atoms with Crippen LogP contribution in [-0.4, -0.2) is 16.4 Å². The molecule has 0 aliphatic carbocycles. The van der Waals surface area contributed by atoms with Gasteiger partial charge < -0.3 is 16.0 Å². The molecule has 0 radical (unpaired) electrons. The number of primary amides is 1. The van der Waals surface area contributed by atoms with E-state index in [-0.39, 0.29) is 11.4 Å². The Kier molecular flexibility index (Phi) is 3.30. The fourth-order valence-electron chi connectivity index (χ4n) is 1.31. The van der Waals surface area contributed by atoms with Gasteiger partial charge in [-0.3, -0.25) is 4.79 Å². The molecule has 1 aromatic heterocycles. The van der Waals surface area contributed by atoms with Crippen LogP contribution in [0.15, 0.2) is 18.3 Å². The number of hydrogen-bond donors (Lipinski definition) is 3. The van der Waals surface area contributed by atoms with Crippen LogP contribution in [0.5, 0.6) is 0 Å². The van der Waals surface area contributed by atoms with E-state index in [1.807, 2.05) is 32.2 Å². The second-order valence-electron chi connectivity index (χ2n) is 4.08. The molecule has 0 atom stereocenters. The van der Waals surface area contributed by atoms with E-state index in [4.69, 9.17) is 5.73 Å². The molecule has 0 fully saturated rings. The van der Waals surface area contributed by atoms with Gasteiger partial charge in [-0.2, -0.15) is 0 Å². The third kappa shape index (κ3) is 3.62. The molecule has 1 aromatic rings. The molecule has 0 spiro atoms. The largest absolute Gasteiger partial charge is 0.370 e. The van der Waals surface area contributed by atoms with Crippen LogP contribution in [-0.2, 0) is 11.3 Å². The zero-order chi connectivity index (χ0) is 10.6. The summed E-state index contributed by atoms with van der Waals surface area (Å²) in [6.07, 6.45) is 2.21. The summed E-state index contributed by atoms with van der Waals surface area (Å²) in [5.74, 6) is -0.283. The van der Waals surface area contributed by atoms with Crippen molar-refractivity contribution in [3.05, 3.63) is 24.0 Å². The van der Waals surface area contributed by atoms with Gasteiger partial charge >= 0.3 is 0 Å². The summed E-state index contributed by atoms with van der Waals surface area (Å²) >= 11 is 0. The van der Waals surface area contributed by atoms with Crippen LogP contribution in [0.2, 0.25) is 0 Å². The average molecular weight is 195 g/mol. The quantitative estimate of drug-likeness (QED) is 0.649. The lowest BCUT2D eigenvalue weighted by molar-refractivity contribution is -0.119. The van der Waals surface area contributed by atoms with Crippen molar-refractivity contribution in [3.63, 3.8) is 0 Å². The number of nitrogens with two attached hydrogens (primary N) is 1. The van der Waals surface area contributed by atoms with Crippen LogP contribution in [0, 0.1) is 0 Å². The molecule has 0 saturated carbocycles. The summed E-state index contributed by atoms with van der Waals surface area (Å²) in [6, 6.07) is 3.94. The lowest BCUT2D eigenvalue weighted by atomic mass is 10.0. The zero-order valence-corrected chi connectivity index (χ0v) is 8.63. The number of amides is 1. The van der Waals surface area contributed by atoms with Crippen LogP contribution in [0.4, 0.5) is 0 Å². The van der Waals surface area contributed by atoms with Crippen LogP contribution in [0.25, 0.3) is 0 Å². The molecule has 4 N–H and O–H groups in total. The number of aromatic nitrogens is 1. The molecule has 0 bridgehead atoms. The molecular weight excluding hydrogens is 178 g/mol. The summed E-state index contributed by atoms with van der Waals surface area (Å²) < 4.78 is 0. The summed E-state index contributed by atoms with van der Waals surface area (Å²) in [5, 5.41) is 3.26. The zero-order valence-electron chi connectivity index (χ0n) is 8.63. The number of rotatable bonds is 5. The highest BCUT2D eigenvalue weighted by Crippen LogP contribution is 2.08. The Bertz CT molecular complexity index is 290. The van der Waals surface area contributed by atoms with Gasteiger partial charge in [0.2, 0.25) is 5.91 Å². The first kappa shape index (κ1) is 10.8. The minimum atomic E-state index is -0.283. The minimum Gasteiger partial charge on any atom is -0.370 e. The molecular formula is C10H17N3O. The Morgan fingerprint density at radius 2 is 2.36 bits per heavy atom. The molecule has 0 aromatic carbocycles. The number of aromatic amines is 1. The standard InChI is InChI=1S/C10H17N3O/c1-10(2,6-9(11)14)13-7-8-4-3-5-12-8/h3-5,12-13H,6-7H2,1-2H3,(H2,11,14). The topological polar surface area (TPSA) is 70.9 Å². The Hall–Kier alpha value is -1.29. The third-order valence-electron chi connectivity index (χ3n) is 2.04. The predicted molar refractivity (Wildman–Crippen MR) is 55.5 cm³/mol. The Morgan fingerprint density at radius 1 is 1.64 bits per heavy atom. The van der Waals surface area contributed by atoms with Gasteiger partial charge in [0.15, 0.2) is 0 Å². The maximum atomic E-state index is 10.8. The Morgan fingerprint density at radius 3 is 2.86 bits per heavy atom. The van der Waals surface area contributed by atoms with Gasteiger partial charge in [-0.25, -0.2) is 0 Å². The highest BCUT2D eigenvalue weighted by Gasteiger charge is 2.19. The fourth-order valence-corrected chi connectivity index (χ4v) is 1.31. The summed E-state index contributed by atoms with van der Waals surface area (Å²) in [6.45, 7) is 4.63. The molecule has 4 heteroatoms. The lowest BCUT2D eigenvalue weighted by Gasteiger charge is -2.24. The predicted octanol–water partition coefficient (Wildman–Crippen LogP) is 0.758. The van der Waals surface area contributed by atoms with Gasteiger partial charge in [0.05, 0.1) is 0 Å². The maximum absolute atomic E-state index is 10.8. The molecule has 0 unspecified atom stereocenters. The summed E-state index contributed by atoms with van der Waals surface area (Å²) in [7, 11) is 0. The van der Waals surface area contributed by atoms with E-state index in [1.54, 1.807) is 0 Å². The van der Waals surface area contributed by atoms with E-state index in [0.717, 1.165) is 5.69 Å². The molecule has 0 aliphatic heterocycles. The normalized spacial score (nSPS) is 11.6. The van der Waals surface area contributed by atoms with Crippen LogP contribution < -0.4 is 11.1 Å². The van der Waals surface area contributed by atoms with Gasteiger partial charge in [0.25, 0.3) is 0 Å². The van der Waals surface area contributed by atoms with Gasteiger partial charge in [0, 0.05) is 30.4 Å². The molecule has 0 aliphatic rings. The van der Waals surface area contributed by atoms with E-state index in [2.05, 4.69) is 10.3 Å². The number of hydrogen-bond acceptors (Lipinski definition) is 2. The van der Waals surface area contributed by atoms with Gasteiger partial charge in [-0.1, -0.05) is 0 Å². The maximum Gasteiger partial charge on any atom is 0.219 e. The van der Waals surface area contributed by atoms with E-state index in [0.29, 0.717) is 13.0 Å². The molecule has 14 heavy (non-hydrogen) atoms. The molecule has 4 nitrogen and oxygen atoms in total. The number of nitrogens with one attached hydrogen (secondary N) is 2. The molecule has 78 valence electrons. The molecule has 0 saturated heterocycles. The van der Waals surface area contributed by atoms with E-state index in [1.165, 1.54) is 0 Å². The second kappa shape index (κ2) is 4.28. The van der Waals surface area contributed by atoms with E-state index < -0.39 is 0 Å². The summed E-state index contributed by atoms with van der Waals surface area (Å²) in [4.78, 5) is 13.8. The Balaban J connectivity index is 2.40. The molecule has 1 amide bonds. The smallest absolute Gasteiger partial charge is 0.219 e. The first-order chi connectivity index (χ1) is 6.49. The SMILES string of the molecule is CC(C)(CC(N)=O)NCc1ccc[nH]1. The average Bonchev–Trinajstić information content (AvgIpc) is 2.50. The summed E-state index contributed by atoms with van der Waals surface area (Å²) in [5.41, 5.74) is 5.99. The van der Waals surface area contributed by atoms with Crippen molar-refractivity contribution in [2.45, 2.75) is 32.4 Å². The van der Waals surface area contributed by atoms with Gasteiger partial charge in [0.1, 0.15) is 0 Å². The minimum absolute atomic E-state index is 0.253. The number of H-pyrrole nitrogens is 1. The number of carbonyl (C=O) groups excluding carboxylic acids is 1. The van der Waals surface area contributed by atoms with Gasteiger partial charge in [-0.05, 0) is 26.0 Å². The van der Waals surface area contributed by atoms with Crippen LogP contribution in [0.3, 0.4) is 0 Å². The van der Waals surface area contributed by atoms with Crippen molar-refractivity contribution in [2.75, 3.05) is 0 Å². The lowest BCUT2D eigenvalue weighted by Crippen LogP contribution is -2.42. The van der Waals surface area contributed by atoms with Crippen molar-refractivity contribution in [1.29, 1.82) is 0 Å². The third-order valence-corrected chi connectivity index (χ3v) is 2.04. The van der Waals surface area contributed by atoms with Crippen molar-refractivity contribution >= 4 is 5.91 Å².